The molecule has 0 aromatic carbocycles. The molecule has 1 atom stereocenters. The van der Waals surface area contributed by atoms with E-state index in [1.807, 2.05) is 6.92 Å². The smallest absolute Gasteiger partial charge is 0.0594 e. The van der Waals surface area contributed by atoms with Crippen LogP contribution >= 0.6 is 0 Å². The highest BCUT2D eigenvalue weighted by atomic mass is 15.1. The molecule has 11 heavy (non-hydrogen) atoms. The minimum Gasteiger partial charge on any atom is -0.309 e. The molecule has 2 rings (SSSR count). The molecular weight excluding hydrogens is 138 g/mol. The van der Waals surface area contributed by atoms with E-state index >= 15 is 0 Å². The fourth-order valence-electron chi connectivity index (χ4n) is 1.57. The highest BCUT2D eigenvalue weighted by Crippen LogP contribution is 2.20. The van der Waals surface area contributed by atoms with Crippen molar-refractivity contribution in [2.24, 2.45) is 0 Å². The van der Waals surface area contributed by atoms with Gasteiger partial charge in [0.2, 0.25) is 0 Å². The lowest BCUT2D eigenvalue weighted by Crippen LogP contribution is -2.12. The summed E-state index contributed by atoms with van der Waals surface area (Å²) in [6.07, 6.45) is 2.52. The number of nitrogens with one attached hydrogen (secondary N) is 2. The molecule has 0 amide bonds. The Morgan fingerprint density at radius 1 is 1.64 bits per heavy atom. The minimum atomic E-state index is 0.524. The van der Waals surface area contributed by atoms with Crippen molar-refractivity contribution < 1.29 is 0 Å². The van der Waals surface area contributed by atoms with Crippen molar-refractivity contribution in [1.29, 1.82) is 0 Å². The third-order valence-corrected chi connectivity index (χ3v) is 2.16. The lowest BCUT2D eigenvalue weighted by Gasteiger charge is -2.04. The number of aromatic amines is 1. The molecule has 0 saturated carbocycles. The van der Waals surface area contributed by atoms with Crippen LogP contribution in [0.15, 0.2) is 6.07 Å². The molecule has 3 nitrogen and oxygen atoms in total. The van der Waals surface area contributed by atoms with Gasteiger partial charge in [0.15, 0.2) is 0 Å². The number of rotatable bonds is 1. The Morgan fingerprint density at radius 3 is 3.09 bits per heavy atom. The molecule has 3 heteroatoms. The van der Waals surface area contributed by atoms with E-state index in [9.17, 15) is 0 Å². The highest BCUT2D eigenvalue weighted by Gasteiger charge is 2.17. The molecule has 0 unspecified atom stereocenters. The first-order valence-electron chi connectivity index (χ1n) is 4.11. The van der Waals surface area contributed by atoms with Crippen LogP contribution in [0.1, 0.15) is 30.3 Å². The third kappa shape index (κ3) is 1.28. The SMILES string of the molecule is Cc1cc([C@@H]2CCCN2)[nH]n1. The zero-order chi connectivity index (χ0) is 7.68. The van der Waals surface area contributed by atoms with Gasteiger partial charge in [-0.3, -0.25) is 5.10 Å². The first-order chi connectivity index (χ1) is 5.36. The van der Waals surface area contributed by atoms with Crippen LogP contribution in [0.3, 0.4) is 0 Å². The molecule has 0 bridgehead atoms. The molecule has 0 spiro atoms. The Labute approximate surface area is 66.2 Å². The predicted octanol–water partition coefficient (Wildman–Crippen LogP) is 1.14. The van der Waals surface area contributed by atoms with E-state index < -0.39 is 0 Å². The van der Waals surface area contributed by atoms with Gasteiger partial charge in [-0.15, -0.1) is 0 Å². The zero-order valence-electron chi connectivity index (χ0n) is 6.72. The van der Waals surface area contributed by atoms with E-state index in [1.54, 1.807) is 0 Å². The van der Waals surface area contributed by atoms with Crippen LogP contribution in [0, 0.1) is 6.92 Å². The van der Waals surface area contributed by atoms with Crippen molar-refractivity contribution in [3.05, 3.63) is 17.5 Å². The van der Waals surface area contributed by atoms with Gasteiger partial charge in [-0.1, -0.05) is 0 Å². The molecule has 0 aliphatic carbocycles. The van der Waals surface area contributed by atoms with E-state index in [4.69, 9.17) is 0 Å². The molecule has 1 aromatic rings. The normalized spacial score (nSPS) is 24.3. The summed E-state index contributed by atoms with van der Waals surface area (Å²) in [5.41, 5.74) is 2.31. The van der Waals surface area contributed by atoms with Gasteiger partial charge in [0.25, 0.3) is 0 Å². The second kappa shape index (κ2) is 2.66. The second-order valence-electron chi connectivity index (χ2n) is 3.11. The molecule has 1 aromatic heterocycles. The first-order valence-corrected chi connectivity index (χ1v) is 4.11. The van der Waals surface area contributed by atoms with Gasteiger partial charge in [0.05, 0.1) is 11.4 Å². The Morgan fingerprint density at radius 2 is 2.55 bits per heavy atom. The fourth-order valence-corrected chi connectivity index (χ4v) is 1.57. The Hall–Kier alpha value is -0.830. The first kappa shape index (κ1) is 6.85. The van der Waals surface area contributed by atoms with Crippen LogP contribution in [0.2, 0.25) is 0 Å². The number of H-pyrrole nitrogens is 1. The summed E-state index contributed by atoms with van der Waals surface area (Å²) in [6, 6.07) is 2.64. The lowest BCUT2D eigenvalue weighted by molar-refractivity contribution is 0.625. The van der Waals surface area contributed by atoms with Gasteiger partial charge < -0.3 is 5.32 Å². The predicted molar refractivity (Wildman–Crippen MR) is 43.3 cm³/mol. The Balaban J connectivity index is 2.15. The molecular formula is C8H13N3. The molecule has 2 N–H and O–H groups in total. The van der Waals surface area contributed by atoms with E-state index in [0.29, 0.717) is 6.04 Å². The van der Waals surface area contributed by atoms with Gasteiger partial charge >= 0.3 is 0 Å². The summed E-state index contributed by atoms with van der Waals surface area (Å²) in [7, 11) is 0. The molecule has 2 heterocycles. The maximum Gasteiger partial charge on any atom is 0.0594 e. The lowest BCUT2D eigenvalue weighted by atomic mass is 10.1. The summed E-state index contributed by atoms with van der Waals surface area (Å²) in [6.45, 7) is 3.15. The van der Waals surface area contributed by atoms with Crippen molar-refractivity contribution in [2.45, 2.75) is 25.8 Å². The number of hydrogen-bond donors (Lipinski definition) is 2. The van der Waals surface area contributed by atoms with E-state index in [1.165, 1.54) is 18.5 Å². The van der Waals surface area contributed by atoms with Crippen molar-refractivity contribution >= 4 is 0 Å². The van der Waals surface area contributed by atoms with Crippen LogP contribution in [-0.4, -0.2) is 16.7 Å². The summed E-state index contributed by atoms with van der Waals surface area (Å²) in [5.74, 6) is 0. The van der Waals surface area contributed by atoms with Gasteiger partial charge in [-0.2, -0.15) is 5.10 Å². The number of hydrogen-bond acceptors (Lipinski definition) is 2. The largest absolute Gasteiger partial charge is 0.309 e. The maximum absolute atomic E-state index is 4.10. The molecule has 1 saturated heterocycles. The maximum atomic E-state index is 4.10. The van der Waals surface area contributed by atoms with Crippen LogP contribution in [0.4, 0.5) is 0 Å². The monoisotopic (exact) mass is 151 g/mol. The summed E-state index contributed by atoms with van der Waals surface area (Å²) >= 11 is 0. The molecule has 0 radical (unpaired) electrons. The molecule has 1 fully saturated rings. The summed E-state index contributed by atoms with van der Waals surface area (Å²) in [5, 5.41) is 10.5. The van der Waals surface area contributed by atoms with Crippen LogP contribution in [-0.2, 0) is 0 Å². The van der Waals surface area contributed by atoms with Gasteiger partial charge in [0, 0.05) is 6.04 Å². The molecule has 60 valence electrons. The van der Waals surface area contributed by atoms with Crippen molar-refractivity contribution in [3.63, 3.8) is 0 Å². The Bertz CT molecular complexity index is 235. The van der Waals surface area contributed by atoms with Gasteiger partial charge in [-0.25, -0.2) is 0 Å². The van der Waals surface area contributed by atoms with Crippen LogP contribution < -0.4 is 5.32 Å². The minimum absolute atomic E-state index is 0.524. The topological polar surface area (TPSA) is 40.7 Å². The summed E-state index contributed by atoms with van der Waals surface area (Å²) < 4.78 is 0. The van der Waals surface area contributed by atoms with Gasteiger partial charge in [-0.05, 0) is 32.4 Å². The molecule has 1 aliphatic heterocycles. The molecule has 1 aliphatic rings. The number of aryl methyl sites for hydroxylation is 1. The van der Waals surface area contributed by atoms with E-state index in [0.717, 1.165) is 12.2 Å². The van der Waals surface area contributed by atoms with Gasteiger partial charge in [0.1, 0.15) is 0 Å². The van der Waals surface area contributed by atoms with E-state index in [-0.39, 0.29) is 0 Å². The number of aromatic nitrogens is 2. The van der Waals surface area contributed by atoms with Crippen LogP contribution in [0.25, 0.3) is 0 Å². The second-order valence-corrected chi connectivity index (χ2v) is 3.11. The third-order valence-electron chi connectivity index (χ3n) is 2.16. The van der Waals surface area contributed by atoms with Crippen molar-refractivity contribution in [3.8, 4) is 0 Å². The highest BCUT2D eigenvalue weighted by molar-refractivity contribution is 5.12. The fraction of sp³-hybridized carbons (Fsp3) is 0.625. The average Bonchev–Trinajstić information content (AvgIpc) is 2.55. The average molecular weight is 151 g/mol. The number of nitrogens with zero attached hydrogens (tertiary/aromatic N) is 1. The summed E-state index contributed by atoms with van der Waals surface area (Å²) in [4.78, 5) is 0. The zero-order valence-corrected chi connectivity index (χ0v) is 6.72. The quantitative estimate of drug-likeness (QED) is 0.632. The van der Waals surface area contributed by atoms with E-state index in [2.05, 4.69) is 21.6 Å². The standard InChI is InChI=1S/C8H13N3/c1-6-5-8(11-10-6)7-3-2-4-9-7/h5,7,9H,2-4H2,1H3,(H,10,11)/t7-/m0/s1. The van der Waals surface area contributed by atoms with Crippen molar-refractivity contribution in [1.82, 2.24) is 15.5 Å². The van der Waals surface area contributed by atoms with Crippen molar-refractivity contribution in [2.75, 3.05) is 6.54 Å². The Kier molecular flexibility index (Phi) is 1.66. The van der Waals surface area contributed by atoms with Crippen LogP contribution in [0.5, 0.6) is 0 Å².